The molecule has 4 nitrogen and oxygen atoms in total. The molecule has 2 amide bonds. The number of hydrogen-bond donors (Lipinski definition) is 1. The lowest BCUT2D eigenvalue weighted by atomic mass is 10.1. The first-order valence-corrected chi connectivity index (χ1v) is 7.76. The zero-order valence-corrected chi connectivity index (χ0v) is 13.9. The predicted octanol–water partition coefficient (Wildman–Crippen LogP) is 4.16. The van der Waals surface area contributed by atoms with E-state index < -0.39 is 11.7 Å². The molecule has 6 heteroatoms. The van der Waals surface area contributed by atoms with Gasteiger partial charge in [-0.05, 0) is 48.5 Å². The third kappa shape index (κ3) is 4.32. The van der Waals surface area contributed by atoms with Gasteiger partial charge in [0.05, 0.1) is 5.69 Å². The summed E-state index contributed by atoms with van der Waals surface area (Å²) in [5.41, 5.74) is 1.46. The molecule has 0 aliphatic carbocycles. The molecule has 1 N–H and O–H groups in total. The molecule has 2 aromatic carbocycles. The minimum absolute atomic E-state index is 0.145. The Morgan fingerprint density at radius 2 is 1.83 bits per heavy atom. The molecule has 0 saturated carbocycles. The van der Waals surface area contributed by atoms with Gasteiger partial charge < -0.3 is 10.2 Å². The number of halogens is 1. The van der Waals surface area contributed by atoms with Gasteiger partial charge in [0.2, 0.25) is 0 Å². The van der Waals surface area contributed by atoms with Crippen molar-refractivity contribution in [2.24, 2.45) is 0 Å². The normalized spacial score (nSPS) is 10.3. The summed E-state index contributed by atoms with van der Waals surface area (Å²) in [6, 6.07) is 11.1. The fourth-order valence-corrected chi connectivity index (χ4v) is 2.62. The Labute approximate surface area is 138 Å². The SMILES string of the molecule is Cc1ccc(F)cc1C(=O)Nc1ccccc1SC(=O)N(C)C. The van der Waals surface area contributed by atoms with Crippen molar-refractivity contribution in [2.75, 3.05) is 19.4 Å². The van der Waals surface area contributed by atoms with Gasteiger partial charge >= 0.3 is 0 Å². The summed E-state index contributed by atoms with van der Waals surface area (Å²) in [5, 5.41) is 2.60. The van der Waals surface area contributed by atoms with E-state index in [1.54, 1.807) is 51.4 Å². The highest BCUT2D eigenvalue weighted by Gasteiger charge is 2.15. The number of anilines is 1. The Kier molecular flexibility index (Phi) is 5.39. The Balaban J connectivity index is 2.24. The number of rotatable bonds is 3. The van der Waals surface area contributed by atoms with Crippen LogP contribution in [0.15, 0.2) is 47.4 Å². The topological polar surface area (TPSA) is 49.4 Å². The fraction of sp³-hybridized carbons (Fsp3) is 0.176. The minimum atomic E-state index is -0.466. The van der Waals surface area contributed by atoms with Crippen LogP contribution >= 0.6 is 11.8 Å². The van der Waals surface area contributed by atoms with Crippen LogP contribution in [0.2, 0.25) is 0 Å². The van der Waals surface area contributed by atoms with E-state index in [1.165, 1.54) is 17.0 Å². The summed E-state index contributed by atoms with van der Waals surface area (Å²) >= 11 is 1.02. The molecule has 2 rings (SSSR count). The first kappa shape index (κ1) is 17.0. The largest absolute Gasteiger partial charge is 0.339 e. The van der Waals surface area contributed by atoms with Crippen LogP contribution in [0.1, 0.15) is 15.9 Å². The number of nitrogens with zero attached hydrogens (tertiary/aromatic N) is 1. The minimum Gasteiger partial charge on any atom is -0.339 e. The second-order valence-electron chi connectivity index (χ2n) is 5.17. The molecule has 120 valence electrons. The van der Waals surface area contributed by atoms with Crippen LogP contribution in [0.25, 0.3) is 0 Å². The van der Waals surface area contributed by atoms with Gasteiger partial charge in [0.15, 0.2) is 0 Å². The summed E-state index contributed by atoms with van der Waals surface area (Å²) in [6.45, 7) is 1.74. The maximum absolute atomic E-state index is 13.4. The van der Waals surface area contributed by atoms with Crippen LogP contribution in [0.3, 0.4) is 0 Å². The molecule has 0 saturated heterocycles. The van der Waals surface area contributed by atoms with Crippen LogP contribution in [-0.2, 0) is 0 Å². The zero-order valence-electron chi connectivity index (χ0n) is 13.1. The molecule has 0 atom stereocenters. The lowest BCUT2D eigenvalue weighted by molar-refractivity contribution is 0.102. The Morgan fingerprint density at radius 3 is 2.52 bits per heavy atom. The third-order valence-corrected chi connectivity index (χ3v) is 4.26. The van der Waals surface area contributed by atoms with E-state index in [1.807, 2.05) is 0 Å². The van der Waals surface area contributed by atoms with Gasteiger partial charge in [-0.25, -0.2) is 4.39 Å². The zero-order chi connectivity index (χ0) is 17.0. The standard InChI is InChI=1S/C17H17FN2O2S/c1-11-8-9-12(18)10-13(11)16(21)19-14-6-4-5-7-15(14)23-17(22)20(2)3/h4-10H,1-3H3,(H,19,21). The second kappa shape index (κ2) is 7.28. The van der Waals surface area contributed by atoms with E-state index in [-0.39, 0.29) is 10.8 Å². The smallest absolute Gasteiger partial charge is 0.286 e. The number of aryl methyl sites for hydroxylation is 1. The molecule has 0 heterocycles. The molecular formula is C17H17FN2O2S. The Hall–Kier alpha value is -2.34. The maximum Gasteiger partial charge on any atom is 0.286 e. The number of hydrogen-bond acceptors (Lipinski definition) is 3. The molecule has 23 heavy (non-hydrogen) atoms. The van der Waals surface area contributed by atoms with Crippen molar-refractivity contribution in [3.8, 4) is 0 Å². The highest BCUT2D eigenvalue weighted by atomic mass is 32.2. The summed E-state index contributed by atoms with van der Waals surface area (Å²) < 4.78 is 13.4. The number of benzene rings is 2. The summed E-state index contributed by atoms with van der Waals surface area (Å²) in [6.07, 6.45) is 0. The van der Waals surface area contributed by atoms with Crippen molar-refractivity contribution in [1.29, 1.82) is 0 Å². The highest BCUT2D eigenvalue weighted by Crippen LogP contribution is 2.29. The molecule has 0 aliphatic rings. The second-order valence-corrected chi connectivity index (χ2v) is 6.17. The van der Waals surface area contributed by atoms with Crippen LogP contribution in [0.5, 0.6) is 0 Å². The number of carbonyl (C=O) groups is 2. The van der Waals surface area contributed by atoms with Gasteiger partial charge in [0.25, 0.3) is 11.1 Å². The highest BCUT2D eigenvalue weighted by molar-refractivity contribution is 8.13. The van der Waals surface area contributed by atoms with Crippen LogP contribution < -0.4 is 5.32 Å². The first-order chi connectivity index (χ1) is 10.9. The molecule has 0 bridgehead atoms. The summed E-state index contributed by atoms with van der Waals surface area (Å²) in [5.74, 6) is -0.876. The summed E-state index contributed by atoms with van der Waals surface area (Å²) in [4.78, 5) is 26.3. The lowest BCUT2D eigenvalue weighted by Gasteiger charge is -2.13. The quantitative estimate of drug-likeness (QED) is 0.859. The van der Waals surface area contributed by atoms with Crippen molar-refractivity contribution in [3.63, 3.8) is 0 Å². The molecule has 0 fully saturated rings. The van der Waals surface area contributed by atoms with Crippen molar-refractivity contribution in [2.45, 2.75) is 11.8 Å². The number of carbonyl (C=O) groups excluding carboxylic acids is 2. The average molecular weight is 332 g/mol. The first-order valence-electron chi connectivity index (χ1n) is 6.94. The predicted molar refractivity (Wildman–Crippen MR) is 90.5 cm³/mol. The van der Waals surface area contributed by atoms with Crippen molar-refractivity contribution >= 4 is 28.6 Å². The number of amides is 2. The molecular weight excluding hydrogens is 315 g/mol. The van der Waals surface area contributed by atoms with E-state index in [2.05, 4.69) is 5.32 Å². The van der Waals surface area contributed by atoms with Crippen LogP contribution in [0, 0.1) is 12.7 Å². The van der Waals surface area contributed by atoms with Gasteiger partial charge in [0, 0.05) is 24.6 Å². The summed E-state index contributed by atoms with van der Waals surface area (Å²) in [7, 11) is 3.32. The lowest BCUT2D eigenvalue weighted by Crippen LogP contribution is -2.17. The van der Waals surface area contributed by atoms with E-state index in [0.717, 1.165) is 11.8 Å². The van der Waals surface area contributed by atoms with Crippen LogP contribution in [-0.4, -0.2) is 30.1 Å². The molecule has 0 aromatic heterocycles. The molecule has 0 unspecified atom stereocenters. The molecule has 2 aromatic rings. The average Bonchev–Trinajstić information content (AvgIpc) is 2.51. The van der Waals surface area contributed by atoms with Crippen molar-refractivity contribution < 1.29 is 14.0 Å². The Bertz CT molecular complexity index is 747. The third-order valence-electron chi connectivity index (χ3n) is 3.14. The fourth-order valence-electron chi connectivity index (χ4n) is 1.87. The maximum atomic E-state index is 13.4. The molecule has 0 radical (unpaired) electrons. The Morgan fingerprint density at radius 1 is 1.13 bits per heavy atom. The number of nitrogens with one attached hydrogen (secondary N) is 1. The number of thioether (sulfide) groups is 1. The van der Waals surface area contributed by atoms with Gasteiger partial charge in [0.1, 0.15) is 5.82 Å². The molecule has 0 aliphatic heterocycles. The number of para-hydroxylation sites is 1. The van der Waals surface area contributed by atoms with Gasteiger partial charge in [-0.3, -0.25) is 9.59 Å². The van der Waals surface area contributed by atoms with Crippen molar-refractivity contribution in [1.82, 2.24) is 4.90 Å². The van der Waals surface area contributed by atoms with Gasteiger partial charge in [-0.1, -0.05) is 18.2 Å². The van der Waals surface area contributed by atoms with Crippen LogP contribution in [0.4, 0.5) is 14.9 Å². The van der Waals surface area contributed by atoms with E-state index in [0.29, 0.717) is 16.1 Å². The van der Waals surface area contributed by atoms with E-state index in [9.17, 15) is 14.0 Å². The van der Waals surface area contributed by atoms with E-state index >= 15 is 0 Å². The monoisotopic (exact) mass is 332 g/mol. The van der Waals surface area contributed by atoms with Crippen molar-refractivity contribution in [3.05, 3.63) is 59.4 Å². The molecule has 0 spiro atoms. The van der Waals surface area contributed by atoms with Gasteiger partial charge in [-0.2, -0.15) is 0 Å². The van der Waals surface area contributed by atoms with E-state index in [4.69, 9.17) is 0 Å². The van der Waals surface area contributed by atoms with Gasteiger partial charge in [-0.15, -0.1) is 0 Å².